The Labute approximate surface area is 168 Å². The first kappa shape index (κ1) is 19.0. The predicted octanol–water partition coefficient (Wildman–Crippen LogP) is 2.70. The molecule has 1 aliphatic heterocycles. The molecule has 2 aromatic heterocycles. The molecule has 3 heterocycles. The Hall–Kier alpha value is -3.29. The number of aliphatic carboxylic acids is 1. The Balaban J connectivity index is 1.63. The summed E-state index contributed by atoms with van der Waals surface area (Å²) in [5.41, 5.74) is 1.63. The molecule has 3 aromatic rings. The lowest BCUT2D eigenvalue weighted by Crippen LogP contribution is -2.40. The van der Waals surface area contributed by atoms with Crippen LogP contribution in [0.25, 0.3) is 16.6 Å². The van der Waals surface area contributed by atoms with Gasteiger partial charge in [0.25, 0.3) is 5.91 Å². The molecule has 1 amide bonds. The monoisotopic (exact) mass is 393 g/mol. The number of carboxylic acids is 1. The molecule has 1 N–H and O–H groups in total. The summed E-state index contributed by atoms with van der Waals surface area (Å²) in [4.78, 5) is 30.8. The minimum atomic E-state index is -0.912. The summed E-state index contributed by atoms with van der Waals surface area (Å²) < 4.78 is 1.63. The second-order valence-corrected chi connectivity index (χ2v) is 7.91. The molecule has 1 aromatic carbocycles. The minimum absolute atomic E-state index is 0.0687. The Bertz CT molecular complexity index is 1110. The highest BCUT2D eigenvalue weighted by Gasteiger charge is 2.49. The van der Waals surface area contributed by atoms with E-state index in [-0.39, 0.29) is 24.1 Å². The van der Waals surface area contributed by atoms with Crippen LogP contribution < -0.4 is 0 Å². The third-order valence-corrected chi connectivity index (χ3v) is 6.05. The third-order valence-electron chi connectivity index (χ3n) is 6.05. The van der Waals surface area contributed by atoms with Gasteiger partial charge in [-0.15, -0.1) is 5.10 Å². The van der Waals surface area contributed by atoms with Crippen molar-refractivity contribution in [3.8, 4) is 5.69 Å². The van der Waals surface area contributed by atoms with Crippen LogP contribution in [0.4, 0.5) is 0 Å². The fourth-order valence-electron chi connectivity index (χ4n) is 4.02. The van der Waals surface area contributed by atoms with Crippen LogP contribution in [0.15, 0.2) is 36.5 Å². The second kappa shape index (κ2) is 6.95. The van der Waals surface area contributed by atoms with E-state index in [0.717, 1.165) is 16.6 Å². The number of pyridine rings is 1. The first-order chi connectivity index (χ1) is 13.8. The maximum atomic E-state index is 13.1. The predicted molar refractivity (Wildman–Crippen MR) is 107 cm³/mol. The van der Waals surface area contributed by atoms with Gasteiger partial charge in [0.05, 0.1) is 22.3 Å². The highest BCUT2D eigenvalue weighted by Crippen LogP contribution is 2.38. The van der Waals surface area contributed by atoms with Gasteiger partial charge in [0.15, 0.2) is 5.69 Å². The summed E-state index contributed by atoms with van der Waals surface area (Å²) in [6.07, 6.45) is 2.18. The SMILES string of the molecule is Cc1c(C(=O)N2CCC(C(=O)O)(C(C)C)C2)nnn1-c1ccc2ncccc2c1. The van der Waals surface area contributed by atoms with Gasteiger partial charge in [-0.05, 0) is 43.5 Å². The van der Waals surface area contributed by atoms with Gasteiger partial charge in [-0.1, -0.05) is 25.1 Å². The van der Waals surface area contributed by atoms with Gasteiger partial charge in [0.1, 0.15) is 0 Å². The third kappa shape index (κ3) is 3.04. The van der Waals surface area contributed by atoms with E-state index in [1.807, 2.05) is 44.2 Å². The number of aromatic nitrogens is 4. The van der Waals surface area contributed by atoms with Crippen LogP contribution in [0.1, 0.15) is 36.5 Å². The van der Waals surface area contributed by atoms with Crippen molar-refractivity contribution in [2.45, 2.75) is 27.2 Å². The van der Waals surface area contributed by atoms with Crippen LogP contribution in [0.3, 0.4) is 0 Å². The van der Waals surface area contributed by atoms with Crippen molar-refractivity contribution < 1.29 is 14.7 Å². The topological polar surface area (TPSA) is 101 Å². The zero-order valence-corrected chi connectivity index (χ0v) is 16.7. The van der Waals surface area contributed by atoms with E-state index >= 15 is 0 Å². The van der Waals surface area contributed by atoms with Crippen LogP contribution in [-0.4, -0.2) is 55.0 Å². The standard InChI is InChI=1S/C21H23N5O3/c1-13(2)21(20(28)29)8-10-25(12-21)19(27)18-14(3)26(24-23-18)16-6-7-17-15(11-16)5-4-9-22-17/h4-7,9,11,13H,8,10,12H2,1-3H3,(H,28,29). The van der Waals surface area contributed by atoms with Crippen molar-refractivity contribution in [3.63, 3.8) is 0 Å². The van der Waals surface area contributed by atoms with Crippen LogP contribution in [-0.2, 0) is 4.79 Å². The van der Waals surface area contributed by atoms with Gasteiger partial charge < -0.3 is 10.0 Å². The molecule has 4 rings (SSSR count). The van der Waals surface area contributed by atoms with E-state index in [0.29, 0.717) is 18.7 Å². The molecule has 0 saturated carbocycles. The van der Waals surface area contributed by atoms with E-state index in [2.05, 4.69) is 15.3 Å². The van der Waals surface area contributed by atoms with Crippen LogP contribution in [0.5, 0.6) is 0 Å². The maximum Gasteiger partial charge on any atom is 0.311 e. The quantitative estimate of drug-likeness (QED) is 0.731. The fraction of sp³-hybridized carbons (Fsp3) is 0.381. The highest BCUT2D eigenvalue weighted by atomic mass is 16.4. The fourth-order valence-corrected chi connectivity index (χ4v) is 4.02. The van der Waals surface area contributed by atoms with E-state index in [9.17, 15) is 14.7 Å². The zero-order valence-electron chi connectivity index (χ0n) is 16.7. The number of carboxylic acid groups (broad SMARTS) is 1. The van der Waals surface area contributed by atoms with Gasteiger partial charge in [-0.3, -0.25) is 14.6 Å². The molecule has 0 radical (unpaired) electrons. The molecule has 0 aliphatic carbocycles. The second-order valence-electron chi connectivity index (χ2n) is 7.91. The number of rotatable bonds is 4. The summed E-state index contributed by atoms with van der Waals surface area (Å²) in [5, 5.41) is 19.0. The number of benzene rings is 1. The largest absolute Gasteiger partial charge is 0.481 e. The van der Waals surface area contributed by atoms with Gasteiger partial charge in [-0.2, -0.15) is 0 Å². The number of hydrogen-bond acceptors (Lipinski definition) is 5. The molecule has 29 heavy (non-hydrogen) atoms. The van der Waals surface area contributed by atoms with E-state index in [1.54, 1.807) is 22.7 Å². The molecule has 8 nitrogen and oxygen atoms in total. The summed E-state index contributed by atoms with van der Waals surface area (Å²) in [5.74, 6) is -1.20. The molecular formula is C21H23N5O3. The van der Waals surface area contributed by atoms with Gasteiger partial charge in [0, 0.05) is 24.7 Å². The average molecular weight is 393 g/mol. The van der Waals surface area contributed by atoms with Crippen molar-refractivity contribution in [2.75, 3.05) is 13.1 Å². The lowest BCUT2D eigenvalue weighted by molar-refractivity contribution is -0.150. The minimum Gasteiger partial charge on any atom is -0.481 e. The first-order valence-corrected chi connectivity index (χ1v) is 9.63. The molecule has 1 aliphatic rings. The average Bonchev–Trinajstić information content (AvgIpc) is 3.32. The van der Waals surface area contributed by atoms with Crippen LogP contribution >= 0.6 is 0 Å². The van der Waals surface area contributed by atoms with Gasteiger partial charge in [0.2, 0.25) is 0 Å². The highest BCUT2D eigenvalue weighted by molar-refractivity contribution is 5.94. The van der Waals surface area contributed by atoms with Crippen molar-refractivity contribution in [1.29, 1.82) is 0 Å². The van der Waals surface area contributed by atoms with Crippen molar-refractivity contribution >= 4 is 22.8 Å². The molecule has 150 valence electrons. The molecular weight excluding hydrogens is 370 g/mol. The smallest absolute Gasteiger partial charge is 0.311 e. The molecule has 1 atom stereocenters. The molecule has 0 spiro atoms. The number of likely N-dealkylation sites (tertiary alicyclic amines) is 1. The van der Waals surface area contributed by atoms with E-state index in [4.69, 9.17) is 0 Å². The number of amides is 1. The lowest BCUT2D eigenvalue weighted by Gasteiger charge is -2.28. The molecule has 1 fully saturated rings. The zero-order chi connectivity index (χ0) is 20.8. The molecule has 8 heteroatoms. The Morgan fingerprint density at radius 2 is 2.03 bits per heavy atom. The molecule has 1 saturated heterocycles. The number of fused-ring (bicyclic) bond motifs is 1. The van der Waals surface area contributed by atoms with Crippen molar-refractivity contribution in [3.05, 3.63) is 47.9 Å². The number of carbonyl (C=O) groups excluding carboxylic acids is 1. The lowest BCUT2D eigenvalue weighted by atomic mass is 9.76. The molecule has 1 unspecified atom stereocenters. The van der Waals surface area contributed by atoms with Gasteiger partial charge >= 0.3 is 5.97 Å². The van der Waals surface area contributed by atoms with E-state index in [1.165, 1.54) is 0 Å². The summed E-state index contributed by atoms with van der Waals surface area (Å²) in [7, 11) is 0. The normalized spacial score (nSPS) is 19.2. The van der Waals surface area contributed by atoms with Crippen LogP contribution in [0, 0.1) is 18.3 Å². The summed E-state index contributed by atoms with van der Waals surface area (Å²) >= 11 is 0. The first-order valence-electron chi connectivity index (χ1n) is 9.63. The Morgan fingerprint density at radius 3 is 2.72 bits per heavy atom. The Morgan fingerprint density at radius 1 is 1.24 bits per heavy atom. The van der Waals surface area contributed by atoms with Crippen molar-refractivity contribution in [2.24, 2.45) is 11.3 Å². The summed E-state index contributed by atoms with van der Waals surface area (Å²) in [6.45, 7) is 6.16. The maximum absolute atomic E-state index is 13.1. The van der Waals surface area contributed by atoms with Crippen molar-refractivity contribution in [1.82, 2.24) is 24.9 Å². The van der Waals surface area contributed by atoms with Crippen LogP contribution in [0.2, 0.25) is 0 Å². The summed E-state index contributed by atoms with van der Waals surface area (Å²) in [6, 6.07) is 9.56. The molecule has 0 bridgehead atoms. The Kier molecular flexibility index (Phi) is 4.56. The van der Waals surface area contributed by atoms with E-state index < -0.39 is 11.4 Å². The number of nitrogens with zero attached hydrogens (tertiary/aromatic N) is 5. The number of hydrogen-bond donors (Lipinski definition) is 1. The van der Waals surface area contributed by atoms with Gasteiger partial charge in [-0.25, -0.2) is 4.68 Å². The number of carbonyl (C=O) groups is 2.